The molecule has 0 aliphatic rings. The fourth-order valence-corrected chi connectivity index (χ4v) is 1.90. The molecule has 0 aliphatic heterocycles. The Morgan fingerprint density at radius 2 is 1.87 bits per heavy atom. The summed E-state index contributed by atoms with van der Waals surface area (Å²) in [5, 5.41) is 12.8. The van der Waals surface area contributed by atoms with E-state index in [9.17, 15) is 14.7 Å². The Bertz CT molecular complexity index is 519. The average Bonchev–Trinajstić information content (AvgIpc) is 2.50. The number of nitrogens with one attached hydrogen (secondary N) is 1. The van der Waals surface area contributed by atoms with Crippen molar-refractivity contribution in [3.63, 3.8) is 0 Å². The Morgan fingerprint density at radius 3 is 2.35 bits per heavy atom. The van der Waals surface area contributed by atoms with Crippen molar-refractivity contribution in [2.24, 2.45) is 0 Å². The van der Waals surface area contributed by atoms with E-state index in [2.05, 4.69) is 5.32 Å². The third-order valence-electron chi connectivity index (χ3n) is 3.35. The summed E-state index contributed by atoms with van der Waals surface area (Å²) in [6.07, 6.45) is -0.126. The number of ether oxygens (including phenoxy) is 2. The molecule has 0 aromatic heterocycles. The van der Waals surface area contributed by atoms with Crippen LogP contribution in [0.25, 0.3) is 0 Å². The zero-order chi connectivity index (χ0) is 17.5. The van der Waals surface area contributed by atoms with Gasteiger partial charge >= 0.3 is 5.97 Å². The molecule has 0 saturated heterocycles. The summed E-state index contributed by atoms with van der Waals surface area (Å²) in [6, 6.07) is 6.57. The number of carbonyl (C=O) groups is 2. The van der Waals surface area contributed by atoms with Gasteiger partial charge in [0.25, 0.3) is 0 Å². The van der Waals surface area contributed by atoms with Gasteiger partial charge in [0.15, 0.2) is 5.78 Å². The first kappa shape index (κ1) is 19.1. The van der Waals surface area contributed by atoms with Crippen LogP contribution in [0.15, 0.2) is 24.3 Å². The number of methoxy groups -OCH3 is 1. The summed E-state index contributed by atoms with van der Waals surface area (Å²) in [5.41, 5.74) is -0.539. The molecule has 1 atom stereocenters. The standard InChI is InChI=1S/C17H25NO5/c1-5-23-16(20)14(10-15(19)17(2,3)21)18-11-12-6-8-13(22-4)9-7-12/h6-9,14,18,21H,5,10-11H2,1-4H3. The van der Waals surface area contributed by atoms with Crippen molar-refractivity contribution in [1.82, 2.24) is 5.32 Å². The van der Waals surface area contributed by atoms with Crippen LogP contribution < -0.4 is 10.1 Å². The van der Waals surface area contributed by atoms with Crippen molar-refractivity contribution in [3.8, 4) is 5.75 Å². The van der Waals surface area contributed by atoms with Gasteiger partial charge in [-0.05, 0) is 38.5 Å². The highest BCUT2D eigenvalue weighted by Crippen LogP contribution is 2.13. The Balaban J connectivity index is 2.71. The molecule has 6 nitrogen and oxygen atoms in total. The minimum atomic E-state index is -1.48. The molecule has 1 rings (SSSR count). The summed E-state index contributed by atoms with van der Waals surface area (Å²) in [6.45, 7) is 5.14. The number of esters is 1. The highest BCUT2D eigenvalue weighted by molar-refractivity contribution is 5.91. The molecule has 6 heteroatoms. The van der Waals surface area contributed by atoms with Crippen LogP contribution in [0.1, 0.15) is 32.8 Å². The van der Waals surface area contributed by atoms with Crippen molar-refractivity contribution in [2.45, 2.75) is 45.4 Å². The van der Waals surface area contributed by atoms with Gasteiger partial charge < -0.3 is 14.6 Å². The number of rotatable bonds is 9. The van der Waals surface area contributed by atoms with Gasteiger partial charge in [0.1, 0.15) is 17.4 Å². The molecule has 0 spiro atoms. The lowest BCUT2D eigenvalue weighted by molar-refractivity contribution is -0.149. The molecule has 0 amide bonds. The first-order valence-electron chi connectivity index (χ1n) is 7.56. The largest absolute Gasteiger partial charge is 0.497 e. The van der Waals surface area contributed by atoms with Crippen molar-refractivity contribution < 1.29 is 24.2 Å². The maximum Gasteiger partial charge on any atom is 0.323 e. The number of Topliss-reactive ketones (excluding diaryl/α,β-unsaturated/α-hetero) is 1. The molecule has 1 aromatic rings. The molecular formula is C17H25NO5. The maximum atomic E-state index is 12.0. The zero-order valence-electron chi connectivity index (χ0n) is 14.1. The molecule has 0 radical (unpaired) electrons. The molecule has 0 saturated carbocycles. The molecular weight excluding hydrogens is 298 g/mol. The normalized spacial score (nSPS) is 12.6. The monoisotopic (exact) mass is 323 g/mol. The van der Waals surface area contributed by atoms with Gasteiger partial charge in [0, 0.05) is 13.0 Å². The van der Waals surface area contributed by atoms with Crippen LogP contribution in [0.5, 0.6) is 5.75 Å². The lowest BCUT2D eigenvalue weighted by Crippen LogP contribution is -2.43. The lowest BCUT2D eigenvalue weighted by Gasteiger charge is -2.21. The van der Waals surface area contributed by atoms with E-state index in [1.807, 2.05) is 24.3 Å². The van der Waals surface area contributed by atoms with Crippen LogP contribution in [0, 0.1) is 0 Å². The van der Waals surface area contributed by atoms with E-state index in [4.69, 9.17) is 9.47 Å². The second kappa shape index (κ2) is 8.64. The number of carbonyl (C=O) groups excluding carboxylic acids is 2. The van der Waals surface area contributed by atoms with Crippen LogP contribution in [0.3, 0.4) is 0 Å². The van der Waals surface area contributed by atoms with Crippen molar-refractivity contribution in [2.75, 3.05) is 13.7 Å². The average molecular weight is 323 g/mol. The molecule has 0 heterocycles. The molecule has 1 aromatic carbocycles. The Hall–Kier alpha value is -1.92. The van der Waals surface area contributed by atoms with E-state index in [1.165, 1.54) is 13.8 Å². The van der Waals surface area contributed by atoms with Crippen molar-refractivity contribution >= 4 is 11.8 Å². The molecule has 23 heavy (non-hydrogen) atoms. The van der Waals surface area contributed by atoms with E-state index >= 15 is 0 Å². The van der Waals surface area contributed by atoms with Crippen LogP contribution in [0.2, 0.25) is 0 Å². The number of aliphatic hydroxyl groups is 1. The Kier molecular flexibility index (Phi) is 7.19. The molecule has 0 aliphatic carbocycles. The van der Waals surface area contributed by atoms with E-state index in [0.29, 0.717) is 6.54 Å². The van der Waals surface area contributed by atoms with Crippen molar-refractivity contribution in [1.29, 1.82) is 0 Å². The number of ketones is 1. The van der Waals surface area contributed by atoms with Crippen LogP contribution in [0.4, 0.5) is 0 Å². The second-order valence-corrected chi connectivity index (χ2v) is 5.72. The fraction of sp³-hybridized carbons (Fsp3) is 0.529. The van der Waals surface area contributed by atoms with E-state index in [1.54, 1.807) is 14.0 Å². The SMILES string of the molecule is CCOC(=O)C(CC(=O)C(C)(C)O)NCc1ccc(OC)cc1. The fourth-order valence-electron chi connectivity index (χ4n) is 1.90. The van der Waals surface area contributed by atoms with Crippen molar-refractivity contribution in [3.05, 3.63) is 29.8 Å². The van der Waals surface area contributed by atoms with E-state index in [0.717, 1.165) is 11.3 Å². The number of benzene rings is 1. The first-order valence-corrected chi connectivity index (χ1v) is 7.56. The lowest BCUT2D eigenvalue weighted by atomic mass is 9.97. The number of hydrogen-bond donors (Lipinski definition) is 2. The minimum Gasteiger partial charge on any atom is -0.497 e. The third-order valence-corrected chi connectivity index (χ3v) is 3.35. The van der Waals surface area contributed by atoms with Gasteiger partial charge in [0.05, 0.1) is 13.7 Å². The maximum absolute atomic E-state index is 12.0. The van der Waals surface area contributed by atoms with Gasteiger partial charge in [-0.2, -0.15) is 0 Å². The van der Waals surface area contributed by atoms with Gasteiger partial charge in [0.2, 0.25) is 0 Å². The molecule has 128 valence electrons. The zero-order valence-corrected chi connectivity index (χ0v) is 14.1. The molecule has 0 fully saturated rings. The van der Waals surface area contributed by atoms with Crippen LogP contribution in [-0.4, -0.2) is 42.2 Å². The molecule has 2 N–H and O–H groups in total. The summed E-state index contributed by atoms with van der Waals surface area (Å²) < 4.78 is 10.1. The molecule has 0 bridgehead atoms. The summed E-state index contributed by atoms with van der Waals surface area (Å²) >= 11 is 0. The Morgan fingerprint density at radius 1 is 1.26 bits per heavy atom. The summed E-state index contributed by atoms with van der Waals surface area (Å²) in [4.78, 5) is 24.0. The highest BCUT2D eigenvalue weighted by atomic mass is 16.5. The third kappa shape index (κ3) is 6.38. The number of hydrogen-bond acceptors (Lipinski definition) is 6. The highest BCUT2D eigenvalue weighted by Gasteiger charge is 2.30. The Labute approximate surface area is 136 Å². The first-order chi connectivity index (χ1) is 10.8. The van der Waals surface area contributed by atoms with Gasteiger partial charge in [-0.25, -0.2) is 0 Å². The second-order valence-electron chi connectivity index (χ2n) is 5.72. The minimum absolute atomic E-state index is 0.126. The summed E-state index contributed by atoms with van der Waals surface area (Å²) in [7, 11) is 1.59. The van der Waals surface area contributed by atoms with Crippen LogP contribution >= 0.6 is 0 Å². The predicted octanol–water partition coefficient (Wildman–Crippen LogP) is 1.45. The van der Waals surface area contributed by atoms with Gasteiger partial charge in [-0.3, -0.25) is 14.9 Å². The van der Waals surface area contributed by atoms with E-state index < -0.39 is 23.4 Å². The predicted molar refractivity (Wildman–Crippen MR) is 86.2 cm³/mol. The van der Waals surface area contributed by atoms with Gasteiger partial charge in [-0.15, -0.1) is 0 Å². The topological polar surface area (TPSA) is 84.9 Å². The van der Waals surface area contributed by atoms with Gasteiger partial charge in [-0.1, -0.05) is 12.1 Å². The molecule has 1 unspecified atom stereocenters. The van der Waals surface area contributed by atoms with Crippen LogP contribution in [-0.2, 0) is 20.9 Å². The smallest absolute Gasteiger partial charge is 0.323 e. The quantitative estimate of drug-likeness (QED) is 0.669. The van der Waals surface area contributed by atoms with E-state index in [-0.39, 0.29) is 13.0 Å². The summed E-state index contributed by atoms with van der Waals surface area (Å²) in [5.74, 6) is -0.177.